The average molecular weight is 469 g/mol. The topological polar surface area (TPSA) is 35.6 Å². The zero-order valence-corrected chi connectivity index (χ0v) is 20.7. The molecule has 2 heterocycles. The third kappa shape index (κ3) is 3.29. The molecular weight excluding hydrogens is 440 g/mol. The Hall–Kier alpha value is -4.18. The summed E-state index contributed by atoms with van der Waals surface area (Å²) in [5, 5.41) is 0. The van der Waals surface area contributed by atoms with Gasteiger partial charge >= 0.3 is 0 Å². The number of imidazole rings is 2. The van der Waals surface area contributed by atoms with E-state index in [0.717, 1.165) is 59.6 Å². The maximum absolute atomic E-state index is 5.06. The van der Waals surface area contributed by atoms with Crippen LogP contribution in [-0.2, 0) is 26.4 Å². The van der Waals surface area contributed by atoms with Crippen molar-refractivity contribution in [1.82, 2.24) is 19.1 Å². The van der Waals surface area contributed by atoms with Crippen LogP contribution >= 0.6 is 0 Å². The van der Waals surface area contributed by atoms with E-state index >= 15 is 0 Å². The highest BCUT2D eigenvalue weighted by atomic mass is 15.1. The maximum atomic E-state index is 5.06. The van der Waals surface area contributed by atoms with Crippen molar-refractivity contribution < 1.29 is 0 Å². The summed E-state index contributed by atoms with van der Waals surface area (Å²) in [6.07, 6.45) is 3.02. The molecule has 0 spiro atoms. The van der Waals surface area contributed by atoms with E-state index in [1.54, 1.807) is 0 Å². The van der Waals surface area contributed by atoms with Crippen LogP contribution in [0.4, 0.5) is 0 Å². The molecule has 0 saturated heterocycles. The van der Waals surface area contributed by atoms with Gasteiger partial charge in [0.1, 0.15) is 11.6 Å². The molecule has 176 valence electrons. The van der Waals surface area contributed by atoms with Crippen molar-refractivity contribution in [1.29, 1.82) is 0 Å². The van der Waals surface area contributed by atoms with Crippen LogP contribution in [0.1, 0.15) is 35.9 Å². The predicted octanol–water partition coefficient (Wildman–Crippen LogP) is 7.16. The molecule has 0 N–H and O–H groups in total. The Morgan fingerprint density at radius 2 is 1.56 bits per heavy atom. The van der Waals surface area contributed by atoms with E-state index < -0.39 is 0 Å². The largest absolute Gasteiger partial charge is 0.327 e. The zero-order valence-electron chi connectivity index (χ0n) is 20.7. The van der Waals surface area contributed by atoms with Crippen LogP contribution in [-0.4, -0.2) is 19.1 Å². The van der Waals surface area contributed by atoms with Crippen LogP contribution in [0.3, 0.4) is 0 Å². The quantitative estimate of drug-likeness (QED) is 0.269. The number of aryl methyl sites for hydroxylation is 2. The van der Waals surface area contributed by atoms with Crippen molar-refractivity contribution in [2.75, 3.05) is 0 Å². The Kier molecular flexibility index (Phi) is 4.81. The maximum Gasteiger partial charge on any atom is 0.140 e. The first-order chi connectivity index (χ1) is 17.7. The normalized spacial score (nSPS) is 12.4. The number of fused-ring (bicyclic) bond motifs is 6. The third-order valence-corrected chi connectivity index (χ3v) is 7.59. The molecular formula is C32H28N4. The molecule has 0 atom stereocenters. The minimum Gasteiger partial charge on any atom is -0.327 e. The Balaban J connectivity index is 1.34. The van der Waals surface area contributed by atoms with Gasteiger partial charge in [0.25, 0.3) is 0 Å². The van der Waals surface area contributed by atoms with Crippen LogP contribution in [0.25, 0.3) is 44.6 Å². The molecule has 0 unspecified atom stereocenters. The van der Waals surface area contributed by atoms with Crippen molar-refractivity contribution in [3.8, 4) is 22.5 Å². The highest BCUT2D eigenvalue weighted by Gasteiger charge is 2.19. The molecule has 0 saturated carbocycles. The van der Waals surface area contributed by atoms with E-state index in [9.17, 15) is 0 Å². The number of rotatable bonds is 5. The molecule has 36 heavy (non-hydrogen) atoms. The molecule has 0 amide bonds. The van der Waals surface area contributed by atoms with Gasteiger partial charge in [0.05, 0.1) is 22.1 Å². The summed E-state index contributed by atoms with van der Waals surface area (Å²) >= 11 is 0. The lowest BCUT2D eigenvalue weighted by atomic mass is 9.86. The van der Waals surface area contributed by atoms with E-state index in [1.807, 2.05) is 6.07 Å². The SMILES string of the molecule is CCCc1nc2ccc(-c3nc4ccccc4n3C)cc2n1Cc1ccc2cc1Cc1ccccc1-2. The first kappa shape index (κ1) is 21.1. The van der Waals surface area contributed by atoms with Gasteiger partial charge in [-0.2, -0.15) is 0 Å². The van der Waals surface area contributed by atoms with E-state index in [1.165, 1.54) is 33.3 Å². The molecule has 0 fully saturated rings. The highest BCUT2D eigenvalue weighted by Crippen LogP contribution is 2.34. The summed E-state index contributed by atoms with van der Waals surface area (Å²) in [5.41, 5.74) is 12.4. The summed E-state index contributed by atoms with van der Waals surface area (Å²) in [7, 11) is 2.10. The number of nitrogens with zero attached hydrogens (tertiary/aromatic N) is 4. The summed E-state index contributed by atoms with van der Waals surface area (Å²) in [6, 6.07) is 30.7. The average Bonchev–Trinajstić information content (AvgIpc) is 3.42. The van der Waals surface area contributed by atoms with Gasteiger partial charge in [0.15, 0.2) is 0 Å². The molecule has 0 aliphatic heterocycles. The second kappa shape index (κ2) is 8.20. The molecule has 2 aromatic heterocycles. The lowest BCUT2D eigenvalue weighted by Gasteiger charge is -2.21. The van der Waals surface area contributed by atoms with Gasteiger partial charge in [-0.3, -0.25) is 0 Å². The van der Waals surface area contributed by atoms with Gasteiger partial charge in [-0.1, -0.05) is 61.5 Å². The summed E-state index contributed by atoms with van der Waals surface area (Å²) < 4.78 is 4.61. The van der Waals surface area contributed by atoms with Crippen molar-refractivity contribution in [2.45, 2.75) is 32.7 Å². The molecule has 2 bridgehead atoms. The summed E-state index contributed by atoms with van der Waals surface area (Å²) in [6.45, 7) is 3.06. The summed E-state index contributed by atoms with van der Waals surface area (Å²) in [5.74, 6) is 2.14. The molecule has 1 aliphatic rings. The monoisotopic (exact) mass is 468 g/mol. The smallest absolute Gasteiger partial charge is 0.140 e. The van der Waals surface area contributed by atoms with Crippen LogP contribution in [0.2, 0.25) is 0 Å². The van der Waals surface area contributed by atoms with Gasteiger partial charge in [-0.05, 0) is 71.0 Å². The van der Waals surface area contributed by atoms with E-state index in [2.05, 4.69) is 102 Å². The van der Waals surface area contributed by atoms with Crippen LogP contribution < -0.4 is 0 Å². The van der Waals surface area contributed by atoms with Crippen molar-refractivity contribution in [2.24, 2.45) is 7.05 Å². The minimum absolute atomic E-state index is 0.829. The van der Waals surface area contributed by atoms with E-state index in [-0.39, 0.29) is 0 Å². The van der Waals surface area contributed by atoms with Crippen LogP contribution in [0.5, 0.6) is 0 Å². The molecule has 4 nitrogen and oxygen atoms in total. The highest BCUT2D eigenvalue weighted by molar-refractivity contribution is 5.85. The molecule has 4 aromatic carbocycles. The second-order valence-corrected chi connectivity index (χ2v) is 9.87. The second-order valence-electron chi connectivity index (χ2n) is 9.87. The number of aromatic nitrogens is 4. The van der Waals surface area contributed by atoms with E-state index in [4.69, 9.17) is 9.97 Å². The van der Waals surface area contributed by atoms with E-state index in [0.29, 0.717) is 0 Å². The van der Waals surface area contributed by atoms with Gasteiger partial charge in [-0.15, -0.1) is 0 Å². The van der Waals surface area contributed by atoms with Crippen molar-refractivity contribution >= 4 is 22.1 Å². The Morgan fingerprint density at radius 3 is 2.44 bits per heavy atom. The fourth-order valence-electron chi connectivity index (χ4n) is 5.75. The van der Waals surface area contributed by atoms with Gasteiger partial charge < -0.3 is 9.13 Å². The zero-order chi connectivity index (χ0) is 24.2. The lowest BCUT2D eigenvalue weighted by molar-refractivity contribution is 0.718. The number of para-hydroxylation sites is 2. The van der Waals surface area contributed by atoms with Crippen LogP contribution in [0.15, 0.2) is 84.9 Å². The molecule has 7 rings (SSSR count). The number of hydrogen-bond acceptors (Lipinski definition) is 2. The first-order valence-corrected chi connectivity index (χ1v) is 12.8. The fraction of sp³-hybridized carbons (Fsp3) is 0.188. The lowest BCUT2D eigenvalue weighted by Crippen LogP contribution is -2.10. The predicted molar refractivity (Wildman–Crippen MR) is 147 cm³/mol. The molecule has 6 aromatic rings. The minimum atomic E-state index is 0.829. The Labute approximate surface area is 210 Å². The van der Waals surface area contributed by atoms with Gasteiger partial charge in [0, 0.05) is 25.6 Å². The molecule has 1 aliphatic carbocycles. The Bertz CT molecular complexity index is 1770. The third-order valence-electron chi connectivity index (χ3n) is 7.59. The Morgan fingerprint density at radius 1 is 0.750 bits per heavy atom. The van der Waals surface area contributed by atoms with Gasteiger partial charge in [-0.25, -0.2) is 9.97 Å². The summed E-state index contributed by atoms with van der Waals surface area (Å²) in [4.78, 5) is 10.0. The van der Waals surface area contributed by atoms with Gasteiger partial charge in [0.2, 0.25) is 0 Å². The van der Waals surface area contributed by atoms with Crippen molar-refractivity contribution in [3.05, 3.63) is 107 Å². The molecule has 0 radical (unpaired) electrons. The molecule has 4 heteroatoms. The number of hydrogen-bond donors (Lipinski definition) is 0. The number of benzene rings is 4. The van der Waals surface area contributed by atoms with Crippen molar-refractivity contribution in [3.63, 3.8) is 0 Å². The van der Waals surface area contributed by atoms with Crippen LogP contribution in [0, 0.1) is 0 Å². The fourth-order valence-corrected chi connectivity index (χ4v) is 5.75. The standard InChI is InChI=1S/C32H28N4/c1-3-8-31-33-28-16-15-23(32-34-27-11-6-7-12-29(27)35(32)2)19-30(28)36(31)20-24-14-13-22-18-25(24)17-21-9-4-5-10-26(21)22/h4-7,9-16,18-19H,3,8,17,20H2,1-2H3. The first-order valence-electron chi connectivity index (χ1n) is 12.8.